The molecule has 2 amide bonds. The molecule has 16 N–H and O–H groups in total. The Morgan fingerprint density at radius 3 is 1.21 bits per heavy atom. The fourth-order valence-electron chi connectivity index (χ4n) is 12.0. The number of ether oxygens (including phenoxy) is 4. The van der Waals surface area contributed by atoms with Crippen LogP contribution in [-0.2, 0) is 41.4 Å². The molecule has 0 spiro atoms. The van der Waals surface area contributed by atoms with Crippen molar-refractivity contribution in [2.45, 2.75) is 158 Å². The second-order valence-electron chi connectivity index (χ2n) is 22.1. The molecule has 10 rings (SSSR count). The predicted molar refractivity (Wildman–Crippen MR) is 308 cm³/mol. The first-order valence-corrected chi connectivity index (χ1v) is 26.7. The Hall–Kier alpha value is -6.53. The Bertz CT molecular complexity index is 3210. The van der Waals surface area contributed by atoms with Gasteiger partial charge < -0.3 is 77.0 Å². The summed E-state index contributed by atoms with van der Waals surface area (Å²) < 4.78 is 24.4. The quantitative estimate of drug-likeness (QED) is 0.0474. The maximum absolute atomic E-state index is 13.9. The van der Waals surface area contributed by atoms with Gasteiger partial charge in [0, 0.05) is 114 Å². The second-order valence-corrected chi connectivity index (χ2v) is 22.1. The molecule has 4 aliphatic carbocycles. The first-order chi connectivity index (χ1) is 38.7. The molecular weight excluding hydrogens is 1180 g/mol. The van der Waals surface area contributed by atoms with Crippen molar-refractivity contribution in [2.24, 2.45) is 27.4 Å². The van der Waals surface area contributed by atoms with Crippen molar-refractivity contribution in [3.05, 3.63) is 115 Å². The third-order valence-electron chi connectivity index (χ3n) is 16.6. The van der Waals surface area contributed by atoms with Crippen LogP contribution >= 0.6 is 37.2 Å². The van der Waals surface area contributed by atoms with E-state index >= 15 is 0 Å². The van der Waals surface area contributed by atoms with Crippen LogP contribution in [-0.4, -0.2) is 154 Å². The first kappa shape index (κ1) is 66.0. The molecule has 28 heteroatoms. The van der Waals surface area contributed by atoms with E-state index in [1.807, 2.05) is 0 Å². The summed E-state index contributed by atoms with van der Waals surface area (Å²) in [4.78, 5) is 82.1. The lowest BCUT2D eigenvalue weighted by molar-refractivity contribution is -0.246. The normalized spacial score (nSPS) is 29.0. The van der Waals surface area contributed by atoms with E-state index in [9.17, 15) is 69.6 Å². The molecule has 4 aromatic carbocycles. The standard InChI is InChI=1S/C57H63N7O18.3ClH/c1-21-46(67)32(59)15-38(79-21)81-34-19-56(77,17-30-40(34)54(75)44-42(52(30)73)48(69)26-9-5-7-11-28(26)50(44)71)23(3)61-63-36(65)13-25(58)14-37(66)64-62-24(4)57(78)18-31-41(35(20-57)82-39-16-33(60)47(68)22(2)80-39)55(76)45-43(53(31)74)49(70)27-10-6-8-12-29(27)51(45)72;;;/h5-12,21-22,25,32-35,38-39,46-47,67-68,73-78H,13-20,58-60H2,1-4H3,(H,63,65)(H,64,66);3*1H/b61-23+,62-24+;;;. The number of nitrogens with one attached hydrogen (secondary N) is 2. The maximum atomic E-state index is 13.9. The molecule has 458 valence electrons. The van der Waals surface area contributed by atoms with E-state index < -0.39 is 197 Å². The van der Waals surface area contributed by atoms with Crippen molar-refractivity contribution in [2.75, 3.05) is 0 Å². The number of aliphatic hydroxyl groups excluding tert-OH is 2. The van der Waals surface area contributed by atoms with Gasteiger partial charge in [0.25, 0.3) is 0 Å². The zero-order valence-corrected chi connectivity index (χ0v) is 48.6. The van der Waals surface area contributed by atoms with Gasteiger partial charge in [0.2, 0.25) is 11.8 Å². The van der Waals surface area contributed by atoms with Crippen molar-refractivity contribution in [1.82, 2.24) is 10.9 Å². The molecule has 2 aliphatic heterocycles. The summed E-state index contributed by atoms with van der Waals surface area (Å²) in [5.41, 5.74) is 16.4. The number of halogens is 3. The highest BCUT2D eigenvalue weighted by Gasteiger charge is 2.51. The van der Waals surface area contributed by atoms with Crippen molar-refractivity contribution in [1.29, 1.82) is 0 Å². The van der Waals surface area contributed by atoms with E-state index in [0.29, 0.717) is 0 Å². The van der Waals surface area contributed by atoms with E-state index in [2.05, 4.69) is 21.1 Å². The van der Waals surface area contributed by atoms with Crippen LogP contribution in [0.1, 0.15) is 164 Å². The number of hydrogen-bond donors (Lipinski definition) is 13. The highest BCUT2D eigenvalue weighted by Crippen LogP contribution is 2.54. The number of carbonyl (C=O) groups is 6. The van der Waals surface area contributed by atoms with Crippen LogP contribution in [0.3, 0.4) is 0 Å². The summed E-state index contributed by atoms with van der Waals surface area (Å²) >= 11 is 0. The number of benzene rings is 4. The maximum Gasteiger partial charge on any atom is 0.241 e. The minimum atomic E-state index is -2.08. The molecule has 2 heterocycles. The fourth-order valence-corrected chi connectivity index (χ4v) is 12.0. The number of nitrogens with two attached hydrogens (primary N) is 3. The zero-order valence-electron chi connectivity index (χ0n) is 46.1. The van der Waals surface area contributed by atoms with Crippen molar-refractivity contribution >= 4 is 83.6 Å². The Morgan fingerprint density at radius 1 is 0.600 bits per heavy atom. The number of amides is 2. The second kappa shape index (κ2) is 25.1. The van der Waals surface area contributed by atoms with Crippen LogP contribution in [0.25, 0.3) is 0 Å². The molecule has 25 nitrogen and oxygen atoms in total. The van der Waals surface area contributed by atoms with Gasteiger partial charge in [0.15, 0.2) is 35.7 Å². The highest BCUT2D eigenvalue weighted by molar-refractivity contribution is 6.31. The van der Waals surface area contributed by atoms with Gasteiger partial charge in [-0.2, -0.15) is 10.2 Å². The summed E-state index contributed by atoms with van der Waals surface area (Å²) in [6, 6.07) is 9.02. The number of aromatic hydroxyl groups is 4. The fraction of sp³-hybridized carbons (Fsp3) is 0.439. The van der Waals surface area contributed by atoms with Gasteiger partial charge in [-0.1, -0.05) is 48.5 Å². The Balaban J connectivity index is 0.00000345. The molecule has 85 heavy (non-hydrogen) atoms. The highest BCUT2D eigenvalue weighted by atomic mass is 35.5. The summed E-state index contributed by atoms with van der Waals surface area (Å²) in [6.07, 6.45) is -11.6. The number of carbonyl (C=O) groups excluding carboxylic acids is 6. The van der Waals surface area contributed by atoms with Gasteiger partial charge in [0.1, 0.15) is 34.2 Å². The molecule has 12 atom stereocenters. The molecule has 0 saturated carbocycles. The average Bonchev–Trinajstić information content (AvgIpc) is 1.04. The number of hydrazone groups is 2. The van der Waals surface area contributed by atoms with Gasteiger partial charge in [-0.15, -0.1) is 37.2 Å². The lowest BCUT2D eigenvalue weighted by atomic mass is 9.72. The van der Waals surface area contributed by atoms with Crippen LogP contribution < -0.4 is 28.1 Å². The molecule has 0 bridgehead atoms. The number of fused-ring (bicyclic) bond motifs is 6. The van der Waals surface area contributed by atoms with Crippen LogP contribution in [0, 0.1) is 0 Å². The van der Waals surface area contributed by atoms with Crippen LogP contribution in [0.2, 0.25) is 0 Å². The average molecular weight is 1240 g/mol. The molecule has 0 aromatic heterocycles. The smallest absolute Gasteiger partial charge is 0.241 e. The third-order valence-corrected chi connectivity index (χ3v) is 16.6. The summed E-state index contributed by atoms with van der Waals surface area (Å²) in [6.45, 7) is 5.85. The van der Waals surface area contributed by atoms with Gasteiger partial charge in [-0.3, -0.25) is 28.8 Å². The van der Waals surface area contributed by atoms with E-state index in [0.717, 1.165) is 0 Å². The van der Waals surface area contributed by atoms with E-state index in [1.54, 1.807) is 26.0 Å². The summed E-state index contributed by atoms with van der Waals surface area (Å²) in [5, 5.41) is 101. The van der Waals surface area contributed by atoms with Crippen LogP contribution in [0.5, 0.6) is 23.0 Å². The third kappa shape index (κ3) is 11.8. The molecule has 12 unspecified atom stereocenters. The molecule has 4 aromatic rings. The van der Waals surface area contributed by atoms with E-state index in [-0.39, 0.29) is 106 Å². The Kier molecular flexibility index (Phi) is 19.5. The minimum absolute atomic E-state index is 0. The number of phenolic OH excluding ortho intramolecular Hbond substituents is 4. The molecule has 6 aliphatic rings. The van der Waals surface area contributed by atoms with Crippen molar-refractivity contribution in [3.63, 3.8) is 0 Å². The minimum Gasteiger partial charge on any atom is -0.507 e. The summed E-state index contributed by atoms with van der Waals surface area (Å²) in [5.74, 6) is -7.32. The molecule has 0 radical (unpaired) electrons. The van der Waals surface area contributed by atoms with Crippen molar-refractivity contribution < 1.29 is 88.6 Å². The van der Waals surface area contributed by atoms with Gasteiger partial charge >= 0.3 is 0 Å². The van der Waals surface area contributed by atoms with Crippen molar-refractivity contribution in [3.8, 4) is 23.0 Å². The zero-order chi connectivity index (χ0) is 59.2. The van der Waals surface area contributed by atoms with Gasteiger partial charge in [0.05, 0.1) is 70.3 Å². The molecule has 2 saturated heterocycles. The molecular formula is C57H66Cl3N7O18. The number of ketones is 4. The first-order valence-electron chi connectivity index (χ1n) is 26.7. The lowest BCUT2D eigenvalue weighted by Gasteiger charge is -2.42. The monoisotopic (exact) mass is 1240 g/mol. The number of rotatable bonds is 12. The number of hydrogen-bond acceptors (Lipinski definition) is 23. The molecule has 2 fully saturated rings. The SMILES string of the molecule is C/C(=N\NC(=O)CC(N)CC(=O)N/N=C(\C)C1(O)Cc2c(O)c3c(c(O)c2C(OC2CC(N)C(O)C(C)O2)C1)C(=O)c1ccccc1C3=O)C1(O)Cc2c(O)c3c(c(O)c2C(OC2CC(N)C(O)C(C)O2)C1)C(=O)c1ccccc1C3=O.Cl.Cl.Cl. The number of aliphatic hydroxyl groups is 4. The largest absolute Gasteiger partial charge is 0.507 e. The predicted octanol–water partition coefficient (Wildman–Crippen LogP) is 2.23. The number of phenols is 4. The van der Waals surface area contributed by atoms with E-state index in [1.165, 1.54) is 50.2 Å². The Labute approximate surface area is 504 Å². The number of nitrogens with zero attached hydrogens (tertiary/aromatic N) is 2. The lowest BCUT2D eigenvalue weighted by Crippen LogP contribution is -2.52. The van der Waals surface area contributed by atoms with Crippen LogP contribution in [0.15, 0.2) is 58.7 Å². The Morgan fingerprint density at radius 2 is 0.906 bits per heavy atom. The van der Waals surface area contributed by atoms with Gasteiger partial charge in [-0.05, 0) is 27.7 Å². The van der Waals surface area contributed by atoms with Gasteiger partial charge in [-0.25, -0.2) is 10.9 Å². The summed E-state index contributed by atoms with van der Waals surface area (Å²) in [7, 11) is 0. The van der Waals surface area contributed by atoms with Crippen LogP contribution in [0.4, 0.5) is 0 Å². The van der Waals surface area contributed by atoms with E-state index in [4.69, 9.17) is 36.1 Å². The topological polar surface area (TPSA) is 428 Å².